The van der Waals surface area contributed by atoms with Crippen molar-refractivity contribution in [3.8, 4) is 11.4 Å². The third-order valence-electron chi connectivity index (χ3n) is 5.76. The van der Waals surface area contributed by atoms with Crippen LogP contribution in [-0.4, -0.2) is 37.1 Å². The number of aliphatic hydroxyl groups is 1. The molecule has 32 heavy (non-hydrogen) atoms. The third kappa shape index (κ3) is 3.80. The molecule has 1 aliphatic rings. The van der Waals surface area contributed by atoms with Crippen LogP contribution in [0.2, 0.25) is 0 Å². The quantitative estimate of drug-likeness (QED) is 0.447. The lowest BCUT2D eigenvalue weighted by Crippen LogP contribution is -2.15. The summed E-state index contributed by atoms with van der Waals surface area (Å²) in [5.74, 6) is 1.10. The molecule has 3 heterocycles. The first kappa shape index (κ1) is 20.1. The molecule has 0 radical (unpaired) electrons. The van der Waals surface area contributed by atoms with Crippen LogP contribution >= 0.6 is 0 Å². The van der Waals surface area contributed by atoms with Crippen LogP contribution in [0.15, 0.2) is 65.0 Å². The minimum absolute atomic E-state index is 0.169. The summed E-state index contributed by atoms with van der Waals surface area (Å²) in [6, 6.07) is 11.3. The van der Waals surface area contributed by atoms with Crippen molar-refractivity contribution in [2.75, 3.05) is 11.9 Å². The summed E-state index contributed by atoms with van der Waals surface area (Å²) in [7, 11) is 0. The van der Waals surface area contributed by atoms with E-state index in [0.29, 0.717) is 35.2 Å². The number of aromatic nitrogens is 4. The average Bonchev–Trinajstić information content (AvgIpc) is 3.42. The van der Waals surface area contributed by atoms with Crippen molar-refractivity contribution >= 4 is 17.2 Å². The standard InChI is InChI=1S/C24H23N5O3/c1-15-7-8-17(22-27-24(32-28-22)18-11-16(12-18)5-4-10-30)13-19(15)26-23(31)20-14-25-21-6-2-3-9-29(20)21/h2-3,5-9,13-14,18,30H,4,10-12H2,1H3,(H,26,31). The molecular weight excluding hydrogens is 406 g/mol. The Bertz CT molecular complexity index is 1310. The summed E-state index contributed by atoms with van der Waals surface area (Å²) < 4.78 is 7.25. The summed E-state index contributed by atoms with van der Waals surface area (Å²) in [5, 5.41) is 16.1. The average molecular weight is 429 g/mol. The smallest absolute Gasteiger partial charge is 0.274 e. The molecule has 5 rings (SSSR count). The van der Waals surface area contributed by atoms with Crippen LogP contribution in [0.25, 0.3) is 17.0 Å². The number of nitrogens with zero attached hydrogens (tertiary/aromatic N) is 4. The lowest BCUT2D eigenvalue weighted by molar-refractivity contribution is 0.102. The number of hydrogen-bond donors (Lipinski definition) is 2. The van der Waals surface area contributed by atoms with Gasteiger partial charge in [-0.05, 0) is 49.9 Å². The van der Waals surface area contributed by atoms with Gasteiger partial charge in [0.15, 0.2) is 0 Å². The highest BCUT2D eigenvalue weighted by molar-refractivity contribution is 6.04. The highest BCUT2D eigenvalue weighted by Crippen LogP contribution is 2.41. The van der Waals surface area contributed by atoms with Crippen LogP contribution in [0.3, 0.4) is 0 Å². The molecule has 0 bridgehead atoms. The van der Waals surface area contributed by atoms with E-state index < -0.39 is 0 Å². The van der Waals surface area contributed by atoms with Gasteiger partial charge in [-0.25, -0.2) is 4.98 Å². The first-order chi connectivity index (χ1) is 15.6. The van der Waals surface area contributed by atoms with Gasteiger partial charge in [0.25, 0.3) is 5.91 Å². The topological polar surface area (TPSA) is 106 Å². The van der Waals surface area contributed by atoms with Gasteiger partial charge in [0.1, 0.15) is 11.3 Å². The zero-order chi connectivity index (χ0) is 22.1. The molecule has 0 aliphatic heterocycles. The number of imidazole rings is 1. The molecule has 1 amide bonds. The van der Waals surface area contributed by atoms with Gasteiger partial charge in [0, 0.05) is 30.0 Å². The number of carbonyl (C=O) groups is 1. The van der Waals surface area contributed by atoms with Crippen LogP contribution in [0, 0.1) is 6.92 Å². The molecule has 3 aromatic heterocycles. The van der Waals surface area contributed by atoms with Crippen molar-refractivity contribution in [2.24, 2.45) is 0 Å². The number of fused-ring (bicyclic) bond motifs is 1. The molecule has 1 aromatic carbocycles. The normalized spacial score (nSPS) is 15.6. The molecule has 2 N–H and O–H groups in total. The van der Waals surface area contributed by atoms with Crippen LogP contribution in [0.4, 0.5) is 5.69 Å². The molecular formula is C24H23N5O3. The Morgan fingerprint density at radius 1 is 1.31 bits per heavy atom. The van der Waals surface area contributed by atoms with Gasteiger partial charge >= 0.3 is 0 Å². The highest BCUT2D eigenvalue weighted by atomic mass is 16.5. The lowest BCUT2D eigenvalue weighted by atomic mass is 9.79. The zero-order valence-electron chi connectivity index (χ0n) is 17.7. The molecule has 0 unspecified atom stereocenters. The van der Waals surface area contributed by atoms with Gasteiger partial charge in [0.05, 0.1) is 6.20 Å². The SMILES string of the molecule is Cc1ccc(-c2noc(C3CC(=CCCO)C3)n2)cc1NC(=O)c1cnc2ccccn12. The second kappa shape index (κ2) is 8.39. The molecule has 1 fully saturated rings. The van der Waals surface area contributed by atoms with Gasteiger partial charge in [-0.1, -0.05) is 35.0 Å². The molecule has 1 saturated carbocycles. The fourth-order valence-corrected chi connectivity index (χ4v) is 3.88. The molecule has 0 spiro atoms. The Balaban J connectivity index is 1.33. The van der Waals surface area contributed by atoms with E-state index in [2.05, 4.69) is 26.5 Å². The van der Waals surface area contributed by atoms with Gasteiger partial charge in [-0.2, -0.15) is 4.98 Å². The summed E-state index contributed by atoms with van der Waals surface area (Å²) in [5.41, 5.74) is 4.88. The Morgan fingerprint density at radius 3 is 3.03 bits per heavy atom. The van der Waals surface area contributed by atoms with E-state index in [1.807, 2.05) is 49.5 Å². The first-order valence-electron chi connectivity index (χ1n) is 10.6. The monoisotopic (exact) mass is 429 g/mol. The summed E-state index contributed by atoms with van der Waals surface area (Å²) in [6.45, 7) is 2.10. The molecule has 8 nitrogen and oxygen atoms in total. The van der Waals surface area contributed by atoms with E-state index in [-0.39, 0.29) is 18.4 Å². The largest absolute Gasteiger partial charge is 0.396 e. The second-order valence-electron chi connectivity index (χ2n) is 7.99. The second-order valence-corrected chi connectivity index (χ2v) is 7.99. The van der Waals surface area contributed by atoms with Crippen molar-refractivity contribution in [3.05, 3.63) is 77.6 Å². The minimum atomic E-state index is -0.241. The maximum absolute atomic E-state index is 12.9. The Morgan fingerprint density at radius 2 is 2.19 bits per heavy atom. The summed E-state index contributed by atoms with van der Waals surface area (Å²) in [4.78, 5) is 21.7. The lowest BCUT2D eigenvalue weighted by Gasteiger charge is -2.25. The molecule has 8 heteroatoms. The van der Waals surface area contributed by atoms with Crippen molar-refractivity contribution in [3.63, 3.8) is 0 Å². The van der Waals surface area contributed by atoms with E-state index in [4.69, 9.17) is 9.63 Å². The number of aliphatic hydroxyl groups excluding tert-OH is 1. The molecule has 0 atom stereocenters. The van der Waals surface area contributed by atoms with Crippen molar-refractivity contribution in [1.29, 1.82) is 0 Å². The Hall–Kier alpha value is -3.78. The number of rotatable bonds is 6. The van der Waals surface area contributed by atoms with E-state index in [9.17, 15) is 4.79 Å². The minimum Gasteiger partial charge on any atom is -0.396 e. The zero-order valence-corrected chi connectivity index (χ0v) is 17.7. The fourth-order valence-electron chi connectivity index (χ4n) is 3.88. The predicted molar refractivity (Wildman–Crippen MR) is 119 cm³/mol. The summed E-state index contributed by atoms with van der Waals surface area (Å²) in [6.07, 6.45) is 7.91. The van der Waals surface area contributed by atoms with Crippen molar-refractivity contribution in [1.82, 2.24) is 19.5 Å². The Labute approximate surface area is 184 Å². The van der Waals surface area contributed by atoms with Gasteiger partial charge in [-0.3, -0.25) is 9.20 Å². The number of anilines is 1. The van der Waals surface area contributed by atoms with Crippen LogP contribution in [-0.2, 0) is 0 Å². The number of pyridine rings is 1. The molecule has 4 aromatic rings. The van der Waals surface area contributed by atoms with Gasteiger partial charge < -0.3 is 14.9 Å². The number of hydrogen-bond acceptors (Lipinski definition) is 6. The number of allylic oxidation sites excluding steroid dienone is 1. The van der Waals surface area contributed by atoms with E-state index >= 15 is 0 Å². The van der Waals surface area contributed by atoms with Crippen molar-refractivity contribution in [2.45, 2.75) is 32.1 Å². The third-order valence-corrected chi connectivity index (χ3v) is 5.76. The van der Waals surface area contributed by atoms with E-state index in [1.165, 1.54) is 5.57 Å². The highest BCUT2D eigenvalue weighted by Gasteiger charge is 2.29. The number of carbonyl (C=O) groups excluding carboxylic acids is 1. The van der Waals surface area contributed by atoms with Crippen LogP contribution < -0.4 is 5.32 Å². The maximum Gasteiger partial charge on any atom is 0.274 e. The first-order valence-corrected chi connectivity index (χ1v) is 10.6. The van der Waals surface area contributed by atoms with Crippen LogP contribution in [0.5, 0.6) is 0 Å². The maximum atomic E-state index is 12.9. The van der Waals surface area contributed by atoms with Crippen LogP contribution in [0.1, 0.15) is 47.1 Å². The predicted octanol–water partition coefficient (Wildman–Crippen LogP) is 4.13. The molecule has 162 valence electrons. The summed E-state index contributed by atoms with van der Waals surface area (Å²) >= 11 is 0. The van der Waals surface area contributed by atoms with Gasteiger partial charge in [0.2, 0.25) is 11.7 Å². The van der Waals surface area contributed by atoms with E-state index in [0.717, 1.165) is 24.0 Å². The Kier molecular flexibility index (Phi) is 5.28. The molecule has 0 saturated heterocycles. The number of nitrogens with one attached hydrogen (secondary N) is 1. The number of aryl methyl sites for hydroxylation is 1. The fraction of sp³-hybridized carbons (Fsp3) is 0.250. The number of amides is 1. The van der Waals surface area contributed by atoms with E-state index in [1.54, 1.807) is 10.6 Å². The van der Waals surface area contributed by atoms with Gasteiger partial charge in [-0.15, -0.1) is 0 Å². The van der Waals surface area contributed by atoms with Crippen molar-refractivity contribution < 1.29 is 14.4 Å². The molecule has 1 aliphatic carbocycles. The number of benzene rings is 1.